The Kier molecular flexibility index (Phi) is 5.99. The van der Waals surface area contributed by atoms with Gasteiger partial charge in [0.05, 0.1) is 0 Å². The van der Waals surface area contributed by atoms with Crippen LogP contribution < -0.4 is 0 Å². The lowest BCUT2D eigenvalue weighted by molar-refractivity contribution is 0.470. The van der Waals surface area contributed by atoms with Crippen LogP contribution in [0.15, 0.2) is 24.3 Å². The molecule has 0 saturated carbocycles. The van der Waals surface area contributed by atoms with Crippen molar-refractivity contribution in [3.05, 3.63) is 29.8 Å². The number of aromatic hydroxyl groups is 1. The number of hydrogen-bond donors (Lipinski definition) is 1. The van der Waals surface area contributed by atoms with Gasteiger partial charge in [-0.2, -0.15) is 0 Å². The highest BCUT2D eigenvalue weighted by atomic mass is 16.3. The molecule has 0 bridgehead atoms. The van der Waals surface area contributed by atoms with Crippen molar-refractivity contribution >= 4 is 0 Å². The topological polar surface area (TPSA) is 20.2 Å². The molecular weight excluding hydrogens is 196 g/mol. The van der Waals surface area contributed by atoms with E-state index in [9.17, 15) is 5.11 Å². The Hall–Kier alpha value is -0.980. The lowest BCUT2D eigenvalue weighted by Gasteiger charge is -2.17. The maximum absolute atomic E-state index is 9.51. The fourth-order valence-corrected chi connectivity index (χ4v) is 2.16. The molecule has 0 heterocycles. The molecule has 0 amide bonds. The molecule has 0 aliphatic rings. The van der Waals surface area contributed by atoms with Crippen molar-refractivity contribution in [2.45, 2.75) is 58.3 Å². The first-order valence-corrected chi connectivity index (χ1v) is 6.56. The Morgan fingerprint density at radius 3 is 2.19 bits per heavy atom. The van der Waals surface area contributed by atoms with Gasteiger partial charge in [0.25, 0.3) is 0 Å². The number of benzene rings is 1. The van der Waals surface area contributed by atoms with Gasteiger partial charge in [0, 0.05) is 0 Å². The SMILES string of the molecule is CCCCC(CCCC)c1cccc(O)c1. The summed E-state index contributed by atoms with van der Waals surface area (Å²) in [6.45, 7) is 4.47. The van der Waals surface area contributed by atoms with Crippen LogP contribution in [0.3, 0.4) is 0 Å². The second-order valence-corrected chi connectivity index (χ2v) is 4.58. The van der Waals surface area contributed by atoms with Crippen molar-refractivity contribution in [3.63, 3.8) is 0 Å². The predicted molar refractivity (Wildman–Crippen MR) is 69.9 cm³/mol. The van der Waals surface area contributed by atoms with Gasteiger partial charge in [-0.3, -0.25) is 0 Å². The molecule has 1 N–H and O–H groups in total. The predicted octanol–water partition coefficient (Wildman–Crippen LogP) is 4.86. The zero-order valence-corrected chi connectivity index (χ0v) is 10.6. The summed E-state index contributed by atoms with van der Waals surface area (Å²) in [4.78, 5) is 0. The van der Waals surface area contributed by atoms with E-state index < -0.39 is 0 Å². The first-order chi connectivity index (χ1) is 7.77. The third kappa shape index (κ3) is 4.26. The molecule has 0 aliphatic heterocycles. The number of phenolic OH excluding ortho intramolecular Hbond substituents is 1. The summed E-state index contributed by atoms with van der Waals surface area (Å²) in [6, 6.07) is 7.78. The van der Waals surface area contributed by atoms with E-state index >= 15 is 0 Å². The summed E-state index contributed by atoms with van der Waals surface area (Å²) in [5, 5.41) is 9.51. The van der Waals surface area contributed by atoms with Gasteiger partial charge in [0.2, 0.25) is 0 Å². The smallest absolute Gasteiger partial charge is 0.115 e. The maximum Gasteiger partial charge on any atom is 0.115 e. The Balaban J connectivity index is 2.66. The third-order valence-electron chi connectivity index (χ3n) is 3.15. The van der Waals surface area contributed by atoms with Gasteiger partial charge in [0.1, 0.15) is 5.75 Å². The molecule has 0 unspecified atom stereocenters. The third-order valence-corrected chi connectivity index (χ3v) is 3.15. The average Bonchev–Trinajstić information content (AvgIpc) is 2.29. The molecule has 1 aromatic rings. The Morgan fingerprint density at radius 2 is 1.69 bits per heavy atom. The van der Waals surface area contributed by atoms with E-state index in [0.29, 0.717) is 11.7 Å². The molecule has 0 spiro atoms. The van der Waals surface area contributed by atoms with Crippen LogP contribution in [0, 0.1) is 0 Å². The molecule has 0 radical (unpaired) electrons. The monoisotopic (exact) mass is 220 g/mol. The average molecular weight is 220 g/mol. The first-order valence-electron chi connectivity index (χ1n) is 6.56. The summed E-state index contributed by atoms with van der Waals surface area (Å²) in [5.74, 6) is 1.03. The van der Waals surface area contributed by atoms with E-state index in [2.05, 4.69) is 19.9 Å². The van der Waals surface area contributed by atoms with Crippen LogP contribution in [0.25, 0.3) is 0 Å². The van der Waals surface area contributed by atoms with E-state index in [0.717, 1.165) is 0 Å². The van der Waals surface area contributed by atoms with Crippen LogP contribution in [0.4, 0.5) is 0 Å². The molecule has 0 fully saturated rings. The standard InChI is InChI=1S/C15H24O/c1-3-5-8-13(9-6-4-2)14-10-7-11-15(16)12-14/h7,10-13,16H,3-6,8-9H2,1-2H3. The van der Waals surface area contributed by atoms with E-state index in [1.54, 1.807) is 6.07 Å². The fraction of sp³-hybridized carbons (Fsp3) is 0.600. The van der Waals surface area contributed by atoms with E-state index in [4.69, 9.17) is 0 Å². The van der Waals surface area contributed by atoms with Crippen molar-refractivity contribution in [1.82, 2.24) is 0 Å². The van der Waals surface area contributed by atoms with Crippen LogP contribution >= 0.6 is 0 Å². The van der Waals surface area contributed by atoms with E-state index in [1.807, 2.05) is 12.1 Å². The molecule has 0 aliphatic carbocycles. The molecule has 1 heteroatoms. The van der Waals surface area contributed by atoms with Crippen molar-refractivity contribution in [1.29, 1.82) is 0 Å². The van der Waals surface area contributed by atoms with Gasteiger partial charge in [-0.1, -0.05) is 51.7 Å². The van der Waals surface area contributed by atoms with E-state index in [-0.39, 0.29) is 0 Å². The van der Waals surface area contributed by atoms with Crippen molar-refractivity contribution in [2.24, 2.45) is 0 Å². The molecule has 1 rings (SSSR count). The van der Waals surface area contributed by atoms with Crippen molar-refractivity contribution < 1.29 is 5.11 Å². The highest BCUT2D eigenvalue weighted by Gasteiger charge is 2.10. The lowest BCUT2D eigenvalue weighted by atomic mass is 9.89. The number of rotatable bonds is 7. The Morgan fingerprint density at radius 1 is 1.06 bits per heavy atom. The van der Waals surface area contributed by atoms with Crippen molar-refractivity contribution in [3.8, 4) is 5.75 Å². The molecular formula is C15H24O. The van der Waals surface area contributed by atoms with Gasteiger partial charge in [-0.15, -0.1) is 0 Å². The highest BCUT2D eigenvalue weighted by molar-refractivity contribution is 5.29. The summed E-state index contributed by atoms with van der Waals surface area (Å²) < 4.78 is 0. The summed E-state index contributed by atoms with van der Waals surface area (Å²) in [7, 11) is 0. The normalized spacial score (nSPS) is 10.9. The largest absolute Gasteiger partial charge is 0.508 e. The molecule has 0 saturated heterocycles. The van der Waals surface area contributed by atoms with Gasteiger partial charge in [0.15, 0.2) is 0 Å². The Labute approximate surface area is 99.5 Å². The van der Waals surface area contributed by atoms with Crippen LogP contribution in [0.2, 0.25) is 0 Å². The molecule has 1 nitrogen and oxygen atoms in total. The minimum absolute atomic E-state index is 0.399. The van der Waals surface area contributed by atoms with Gasteiger partial charge >= 0.3 is 0 Å². The molecule has 16 heavy (non-hydrogen) atoms. The quantitative estimate of drug-likeness (QED) is 0.696. The molecule has 90 valence electrons. The van der Waals surface area contributed by atoms with Crippen LogP contribution in [0.1, 0.15) is 63.9 Å². The second-order valence-electron chi connectivity index (χ2n) is 4.58. The summed E-state index contributed by atoms with van der Waals surface area (Å²) in [5.41, 5.74) is 1.31. The minimum atomic E-state index is 0.399. The molecule has 1 aromatic carbocycles. The Bertz CT molecular complexity index is 285. The molecule has 0 atom stereocenters. The lowest BCUT2D eigenvalue weighted by Crippen LogP contribution is -1.99. The van der Waals surface area contributed by atoms with Crippen LogP contribution in [0.5, 0.6) is 5.75 Å². The fourth-order valence-electron chi connectivity index (χ4n) is 2.16. The van der Waals surface area contributed by atoms with Crippen LogP contribution in [-0.4, -0.2) is 5.11 Å². The highest BCUT2D eigenvalue weighted by Crippen LogP contribution is 2.29. The van der Waals surface area contributed by atoms with Crippen LogP contribution in [-0.2, 0) is 0 Å². The zero-order chi connectivity index (χ0) is 11.8. The number of unbranched alkanes of at least 4 members (excludes halogenated alkanes) is 2. The minimum Gasteiger partial charge on any atom is -0.508 e. The van der Waals surface area contributed by atoms with Crippen molar-refractivity contribution in [2.75, 3.05) is 0 Å². The van der Waals surface area contributed by atoms with Gasteiger partial charge < -0.3 is 5.11 Å². The van der Waals surface area contributed by atoms with Gasteiger partial charge in [-0.25, -0.2) is 0 Å². The molecule has 0 aromatic heterocycles. The zero-order valence-electron chi connectivity index (χ0n) is 10.6. The van der Waals surface area contributed by atoms with E-state index in [1.165, 1.54) is 44.1 Å². The summed E-state index contributed by atoms with van der Waals surface area (Å²) >= 11 is 0. The number of hydrogen-bond acceptors (Lipinski definition) is 1. The first kappa shape index (κ1) is 13.1. The maximum atomic E-state index is 9.51. The van der Waals surface area contributed by atoms with Gasteiger partial charge in [-0.05, 0) is 36.5 Å². The number of phenols is 1. The second kappa shape index (κ2) is 7.32. The summed E-state index contributed by atoms with van der Waals surface area (Å²) in [6.07, 6.45) is 7.57.